The highest BCUT2D eigenvalue weighted by Gasteiger charge is 2.34. The lowest BCUT2D eigenvalue weighted by Crippen LogP contribution is -2.58. The Morgan fingerprint density at radius 1 is 1.55 bits per heavy atom. The largest absolute Gasteiger partial charge is 0.323 e. The van der Waals surface area contributed by atoms with E-state index in [2.05, 4.69) is 15.7 Å². The summed E-state index contributed by atoms with van der Waals surface area (Å²) in [6.45, 7) is 3.13. The molecule has 4 N–H and O–H groups in total. The third-order valence-electron chi connectivity index (χ3n) is 3.11. The standard InChI is InChI=1S/C12H15N5O3/c1-6-3-9(16-13)8(4-14-6)12(20)17-5-10(18)15-11(19)7(17)2/h3-4,7H,5,13H2,1-2H3,(H,14,16)(H,15,18,19). The Labute approximate surface area is 115 Å². The van der Waals surface area contributed by atoms with E-state index in [1.165, 1.54) is 11.1 Å². The van der Waals surface area contributed by atoms with Gasteiger partial charge in [-0.1, -0.05) is 0 Å². The van der Waals surface area contributed by atoms with E-state index >= 15 is 0 Å². The minimum Gasteiger partial charge on any atom is -0.323 e. The number of hydrazine groups is 1. The first-order chi connectivity index (χ1) is 9.43. The van der Waals surface area contributed by atoms with E-state index in [0.717, 1.165) is 0 Å². The summed E-state index contributed by atoms with van der Waals surface area (Å²) in [6.07, 6.45) is 1.37. The molecule has 0 radical (unpaired) electrons. The predicted octanol–water partition coefficient (Wildman–Crippen LogP) is -0.837. The second-order valence-electron chi connectivity index (χ2n) is 4.54. The summed E-state index contributed by atoms with van der Waals surface area (Å²) < 4.78 is 0. The van der Waals surface area contributed by atoms with Gasteiger partial charge in [0.2, 0.25) is 11.8 Å². The van der Waals surface area contributed by atoms with Crippen LogP contribution < -0.4 is 16.6 Å². The van der Waals surface area contributed by atoms with Crippen LogP contribution in [0.25, 0.3) is 0 Å². The highest BCUT2D eigenvalue weighted by atomic mass is 16.2. The van der Waals surface area contributed by atoms with Crippen molar-refractivity contribution in [3.63, 3.8) is 0 Å². The van der Waals surface area contributed by atoms with Gasteiger partial charge in [-0.05, 0) is 19.9 Å². The average Bonchev–Trinajstić information content (AvgIpc) is 2.41. The number of imide groups is 1. The fraction of sp³-hybridized carbons (Fsp3) is 0.333. The summed E-state index contributed by atoms with van der Waals surface area (Å²) in [5, 5.41) is 2.18. The second-order valence-corrected chi connectivity index (χ2v) is 4.54. The van der Waals surface area contributed by atoms with Crippen molar-refractivity contribution in [1.82, 2.24) is 15.2 Å². The molecule has 0 spiro atoms. The first-order valence-electron chi connectivity index (χ1n) is 6.02. The zero-order chi connectivity index (χ0) is 14.9. The van der Waals surface area contributed by atoms with Crippen molar-refractivity contribution in [2.24, 2.45) is 5.84 Å². The van der Waals surface area contributed by atoms with Gasteiger partial charge in [0.25, 0.3) is 5.91 Å². The molecule has 1 aliphatic heterocycles. The molecule has 8 nitrogen and oxygen atoms in total. The van der Waals surface area contributed by atoms with E-state index in [4.69, 9.17) is 5.84 Å². The minimum atomic E-state index is -0.730. The summed E-state index contributed by atoms with van der Waals surface area (Å²) in [6, 6.07) is 0.885. The number of carbonyl (C=O) groups is 3. The van der Waals surface area contributed by atoms with Gasteiger partial charge in [0.1, 0.15) is 12.6 Å². The number of anilines is 1. The fourth-order valence-electron chi connectivity index (χ4n) is 1.97. The van der Waals surface area contributed by atoms with Crippen LogP contribution in [0.15, 0.2) is 12.3 Å². The SMILES string of the molecule is Cc1cc(NN)c(C(=O)N2CC(=O)NC(=O)C2C)cn1. The van der Waals surface area contributed by atoms with E-state index < -0.39 is 23.8 Å². The van der Waals surface area contributed by atoms with Crippen molar-refractivity contribution in [3.8, 4) is 0 Å². The van der Waals surface area contributed by atoms with Crippen LogP contribution in [0.1, 0.15) is 23.0 Å². The number of rotatable bonds is 2. The van der Waals surface area contributed by atoms with Crippen molar-refractivity contribution >= 4 is 23.4 Å². The molecule has 1 saturated heterocycles. The van der Waals surface area contributed by atoms with Crippen LogP contribution in [0.3, 0.4) is 0 Å². The van der Waals surface area contributed by atoms with E-state index in [-0.39, 0.29) is 12.1 Å². The fourth-order valence-corrected chi connectivity index (χ4v) is 1.97. The van der Waals surface area contributed by atoms with Crippen LogP contribution in [0.4, 0.5) is 5.69 Å². The number of nitrogens with one attached hydrogen (secondary N) is 2. The summed E-state index contributed by atoms with van der Waals surface area (Å²) in [5.74, 6) is 3.90. The molecule has 3 amide bonds. The predicted molar refractivity (Wildman–Crippen MR) is 70.4 cm³/mol. The zero-order valence-corrected chi connectivity index (χ0v) is 11.1. The van der Waals surface area contributed by atoms with Gasteiger partial charge in [0.15, 0.2) is 0 Å². The summed E-state index contributed by atoms with van der Waals surface area (Å²) in [5.41, 5.74) is 3.72. The number of hydrogen-bond acceptors (Lipinski definition) is 6. The molecular formula is C12H15N5O3. The number of nitrogens with zero attached hydrogens (tertiary/aromatic N) is 2. The Morgan fingerprint density at radius 3 is 2.90 bits per heavy atom. The lowest BCUT2D eigenvalue weighted by atomic mass is 10.1. The van der Waals surface area contributed by atoms with Gasteiger partial charge in [-0.15, -0.1) is 0 Å². The summed E-state index contributed by atoms with van der Waals surface area (Å²) >= 11 is 0. The quantitative estimate of drug-likeness (QED) is 0.369. The number of carbonyl (C=O) groups excluding carboxylic acids is 3. The molecule has 106 valence electrons. The van der Waals surface area contributed by atoms with E-state index in [9.17, 15) is 14.4 Å². The van der Waals surface area contributed by atoms with Crippen molar-refractivity contribution in [2.45, 2.75) is 19.9 Å². The van der Waals surface area contributed by atoms with E-state index in [1.54, 1.807) is 19.9 Å². The number of aryl methyl sites for hydroxylation is 1. The molecule has 0 aliphatic carbocycles. The molecule has 0 saturated carbocycles. The number of piperazine rings is 1. The molecule has 0 aromatic carbocycles. The van der Waals surface area contributed by atoms with Crippen LogP contribution in [-0.4, -0.2) is 40.2 Å². The van der Waals surface area contributed by atoms with Crippen LogP contribution in [0.5, 0.6) is 0 Å². The topological polar surface area (TPSA) is 117 Å². The lowest BCUT2D eigenvalue weighted by molar-refractivity contribution is -0.138. The van der Waals surface area contributed by atoms with Gasteiger partial charge in [-0.2, -0.15) is 0 Å². The van der Waals surface area contributed by atoms with Gasteiger partial charge in [0.05, 0.1) is 11.3 Å². The summed E-state index contributed by atoms with van der Waals surface area (Å²) in [7, 11) is 0. The van der Waals surface area contributed by atoms with E-state index in [1.807, 2.05) is 0 Å². The third-order valence-corrected chi connectivity index (χ3v) is 3.11. The van der Waals surface area contributed by atoms with Gasteiger partial charge in [-0.3, -0.25) is 30.5 Å². The minimum absolute atomic E-state index is 0.177. The monoisotopic (exact) mass is 277 g/mol. The molecule has 20 heavy (non-hydrogen) atoms. The van der Waals surface area contributed by atoms with Crippen LogP contribution in [0, 0.1) is 6.92 Å². The number of amides is 3. The molecule has 0 bridgehead atoms. The Balaban J connectivity index is 2.35. The molecule has 1 aromatic heterocycles. The summed E-state index contributed by atoms with van der Waals surface area (Å²) in [4.78, 5) is 40.6. The number of nitrogens with two attached hydrogens (primary N) is 1. The smallest absolute Gasteiger partial charge is 0.258 e. The second kappa shape index (κ2) is 5.25. The molecule has 2 rings (SSSR count). The maximum Gasteiger partial charge on any atom is 0.258 e. The molecule has 1 unspecified atom stereocenters. The van der Waals surface area contributed by atoms with Crippen molar-refractivity contribution in [2.75, 3.05) is 12.0 Å². The Hall–Kier alpha value is -2.48. The first-order valence-corrected chi connectivity index (χ1v) is 6.02. The highest BCUT2D eigenvalue weighted by molar-refractivity contribution is 6.08. The average molecular weight is 277 g/mol. The molecule has 1 aromatic rings. The van der Waals surface area contributed by atoms with Crippen LogP contribution in [0.2, 0.25) is 0 Å². The third kappa shape index (κ3) is 2.45. The molecular weight excluding hydrogens is 262 g/mol. The normalized spacial score (nSPS) is 18.8. The van der Waals surface area contributed by atoms with Gasteiger partial charge in [0, 0.05) is 11.9 Å². The molecule has 2 heterocycles. The van der Waals surface area contributed by atoms with Crippen molar-refractivity contribution < 1.29 is 14.4 Å². The Morgan fingerprint density at radius 2 is 2.25 bits per heavy atom. The Bertz CT molecular complexity index is 586. The maximum atomic E-state index is 12.5. The highest BCUT2D eigenvalue weighted by Crippen LogP contribution is 2.19. The van der Waals surface area contributed by atoms with Crippen LogP contribution >= 0.6 is 0 Å². The van der Waals surface area contributed by atoms with Crippen molar-refractivity contribution in [1.29, 1.82) is 0 Å². The Kier molecular flexibility index (Phi) is 3.66. The number of nitrogen functional groups attached to an aromatic ring is 1. The van der Waals surface area contributed by atoms with Gasteiger partial charge >= 0.3 is 0 Å². The van der Waals surface area contributed by atoms with Crippen LogP contribution in [-0.2, 0) is 9.59 Å². The molecule has 1 aliphatic rings. The van der Waals surface area contributed by atoms with Gasteiger partial charge < -0.3 is 10.3 Å². The van der Waals surface area contributed by atoms with Gasteiger partial charge in [-0.25, -0.2) is 0 Å². The lowest BCUT2D eigenvalue weighted by Gasteiger charge is -2.32. The molecule has 1 atom stereocenters. The number of aromatic nitrogens is 1. The molecule has 8 heteroatoms. The molecule has 1 fully saturated rings. The van der Waals surface area contributed by atoms with E-state index in [0.29, 0.717) is 11.4 Å². The maximum absolute atomic E-state index is 12.5. The zero-order valence-electron chi connectivity index (χ0n) is 11.1. The number of hydrogen-bond donors (Lipinski definition) is 3. The number of pyridine rings is 1. The van der Waals surface area contributed by atoms with Crippen molar-refractivity contribution in [3.05, 3.63) is 23.5 Å². The first kappa shape index (κ1) is 13.9.